The molecule has 1 heterocycles. The van der Waals surface area contributed by atoms with Gasteiger partial charge in [-0.25, -0.2) is 0 Å². The Bertz CT molecular complexity index is 1160. The molecule has 0 aromatic heterocycles. The second kappa shape index (κ2) is 21.6. The van der Waals surface area contributed by atoms with E-state index >= 15 is 0 Å². The van der Waals surface area contributed by atoms with Crippen molar-refractivity contribution in [1.82, 2.24) is 42.1 Å². The molecule has 1 rings (SSSR count). The number of carbonyl (C=O) groups excluding carboxylic acids is 8. The van der Waals surface area contributed by atoms with Crippen LogP contribution in [0.2, 0.25) is 0 Å². The van der Waals surface area contributed by atoms with Crippen LogP contribution in [-0.2, 0) is 38.4 Å². The number of amides is 8. The monoisotopic (exact) mass is 670 g/mol. The second-order valence-electron chi connectivity index (χ2n) is 10.4. The van der Waals surface area contributed by atoms with Gasteiger partial charge in [0, 0.05) is 19.1 Å². The molecule has 0 unspecified atom stereocenters. The van der Waals surface area contributed by atoms with Crippen LogP contribution in [0.25, 0.3) is 0 Å². The number of nitrogens with zero attached hydrogens (tertiary/aromatic N) is 2. The molecule has 1 fully saturated rings. The molecule has 1 aliphatic heterocycles. The molecule has 21 heteroatoms. The highest BCUT2D eigenvalue weighted by Gasteiger charge is 2.31. The van der Waals surface area contributed by atoms with Crippen LogP contribution in [0.4, 0.5) is 0 Å². The van der Waals surface area contributed by atoms with E-state index in [4.69, 9.17) is 17.2 Å². The van der Waals surface area contributed by atoms with Gasteiger partial charge >= 0.3 is 0 Å². The summed E-state index contributed by atoms with van der Waals surface area (Å²) in [4.78, 5) is 102. The van der Waals surface area contributed by atoms with Crippen molar-refractivity contribution >= 4 is 53.2 Å². The number of nitrogens with two attached hydrogens (primary N) is 3. The van der Waals surface area contributed by atoms with Gasteiger partial charge in [0.2, 0.25) is 47.3 Å². The fourth-order valence-corrected chi connectivity index (χ4v) is 4.17. The van der Waals surface area contributed by atoms with Gasteiger partial charge in [0.25, 0.3) is 0 Å². The van der Waals surface area contributed by atoms with Gasteiger partial charge in [-0.1, -0.05) is 0 Å². The average Bonchev–Trinajstić information content (AvgIpc) is 3.48. The van der Waals surface area contributed by atoms with E-state index in [0.717, 1.165) is 12.8 Å². The lowest BCUT2D eigenvalue weighted by molar-refractivity contribution is -0.137. The van der Waals surface area contributed by atoms with E-state index in [9.17, 15) is 43.5 Å². The van der Waals surface area contributed by atoms with Gasteiger partial charge in [-0.15, -0.1) is 0 Å². The Kier molecular flexibility index (Phi) is 18.4. The average molecular weight is 671 g/mol. The molecule has 14 N–H and O–H groups in total. The van der Waals surface area contributed by atoms with Crippen LogP contribution < -0.4 is 54.4 Å². The van der Waals surface area contributed by atoms with Gasteiger partial charge in [0.05, 0.1) is 45.9 Å². The second-order valence-corrected chi connectivity index (χ2v) is 10.4. The standard InChI is InChI=1S/C26H46N12O9/c1-15-4-3-7-38(15)25(47)16(5-2-6-30-26(28)29)36-23(45)13-35-24(46)17(14-39)37-22(44)12-34-21(43)11-33-20(42)10-32-19(41)9-31-18(40)8-27/h15-17,39H,2-14,27H2,1H3,(H,31,40)(H,32,41)(H,33,42)(H,34,43)(H,35,46)(H,36,45)(H,37,44)(H4,28,29,30)/t15-,16+,17+/m1/s1. The summed E-state index contributed by atoms with van der Waals surface area (Å²) in [5.74, 6) is -5.52. The molecule has 0 bridgehead atoms. The fraction of sp³-hybridized carbons (Fsp3) is 0.654. The van der Waals surface area contributed by atoms with Gasteiger partial charge < -0.3 is 64.4 Å². The summed E-state index contributed by atoms with van der Waals surface area (Å²) in [5, 5.41) is 25.5. The minimum Gasteiger partial charge on any atom is -0.394 e. The molecular formula is C26H46N12O9. The summed E-state index contributed by atoms with van der Waals surface area (Å²) in [6.45, 7) is -0.996. The number of nitrogens with one attached hydrogen (secondary N) is 7. The molecule has 1 aliphatic rings. The number of carbonyl (C=O) groups is 8. The van der Waals surface area contributed by atoms with Crippen molar-refractivity contribution in [3.05, 3.63) is 0 Å². The molecule has 47 heavy (non-hydrogen) atoms. The van der Waals surface area contributed by atoms with Crippen molar-refractivity contribution in [2.45, 2.75) is 50.7 Å². The third-order valence-electron chi connectivity index (χ3n) is 6.64. The summed E-state index contributed by atoms with van der Waals surface area (Å²) < 4.78 is 0. The Morgan fingerprint density at radius 1 is 0.766 bits per heavy atom. The van der Waals surface area contributed by atoms with E-state index in [1.54, 1.807) is 4.90 Å². The van der Waals surface area contributed by atoms with Crippen molar-refractivity contribution < 1.29 is 43.5 Å². The third kappa shape index (κ3) is 16.7. The minimum absolute atomic E-state index is 0.0144. The molecule has 8 amide bonds. The summed E-state index contributed by atoms with van der Waals surface area (Å²) in [5.41, 5.74) is 15.8. The van der Waals surface area contributed by atoms with Crippen LogP contribution in [0, 0.1) is 0 Å². The molecule has 0 aliphatic carbocycles. The number of hydrogen-bond donors (Lipinski definition) is 11. The first kappa shape index (κ1) is 40.0. The van der Waals surface area contributed by atoms with E-state index in [1.165, 1.54) is 0 Å². The molecule has 3 atom stereocenters. The van der Waals surface area contributed by atoms with E-state index in [0.29, 0.717) is 13.0 Å². The van der Waals surface area contributed by atoms with Crippen molar-refractivity contribution in [3.8, 4) is 0 Å². The van der Waals surface area contributed by atoms with Crippen molar-refractivity contribution in [1.29, 1.82) is 0 Å². The SMILES string of the molecule is C[C@@H]1CCCN1C(=O)[C@H](CCCN=C(N)N)NC(=O)CNC(=O)[C@H](CO)NC(=O)CNC(=O)CNC(=O)CNC(=O)CNC(=O)CN. The molecule has 0 spiro atoms. The first-order valence-electron chi connectivity index (χ1n) is 14.9. The van der Waals surface area contributed by atoms with E-state index in [1.807, 2.05) is 6.92 Å². The molecule has 1 saturated heterocycles. The van der Waals surface area contributed by atoms with Gasteiger partial charge in [0.1, 0.15) is 12.1 Å². The number of aliphatic imine (C=N–C) groups is 1. The Balaban J connectivity index is 2.46. The molecule has 0 radical (unpaired) electrons. The summed E-state index contributed by atoms with van der Waals surface area (Å²) in [6, 6.07) is -2.33. The van der Waals surface area contributed by atoms with Gasteiger partial charge in [-0.3, -0.25) is 43.3 Å². The Morgan fingerprint density at radius 2 is 1.26 bits per heavy atom. The highest BCUT2D eigenvalue weighted by molar-refractivity contribution is 5.94. The zero-order valence-corrected chi connectivity index (χ0v) is 26.3. The number of likely N-dealkylation sites (tertiary alicyclic amines) is 1. The lowest BCUT2D eigenvalue weighted by Crippen LogP contribution is -2.54. The number of aliphatic hydroxyl groups is 1. The first-order chi connectivity index (χ1) is 22.3. The summed E-state index contributed by atoms with van der Waals surface area (Å²) in [7, 11) is 0. The number of aliphatic hydroxyl groups excluding tert-OH is 1. The van der Waals surface area contributed by atoms with Crippen molar-refractivity contribution in [2.24, 2.45) is 22.2 Å². The number of rotatable bonds is 20. The zero-order valence-electron chi connectivity index (χ0n) is 26.3. The first-order valence-corrected chi connectivity index (χ1v) is 14.9. The normalized spacial score (nSPS) is 14.9. The maximum Gasteiger partial charge on any atom is 0.245 e. The van der Waals surface area contributed by atoms with Crippen LogP contribution in [0.5, 0.6) is 0 Å². The minimum atomic E-state index is -1.47. The molecule has 0 saturated carbocycles. The van der Waals surface area contributed by atoms with Crippen LogP contribution >= 0.6 is 0 Å². The largest absolute Gasteiger partial charge is 0.394 e. The summed E-state index contributed by atoms with van der Waals surface area (Å²) in [6.07, 6.45) is 2.33. The molecule has 21 nitrogen and oxygen atoms in total. The number of hydrogen-bond acceptors (Lipinski definition) is 11. The lowest BCUT2D eigenvalue weighted by atomic mass is 10.1. The van der Waals surface area contributed by atoms with E-state index in [2.05, 4.69) is 42.2 Å². The molecule has 0 aromatic rings. The zero-order chi connectivity index (χ0) is 35.4. The summed E-state index contributed by atoms with van der Waals surface area (Å²) >= 11 is 0. The molecule has 264 valence electrons. The third-order valence-corrected chi connectivity index (χ3v) is 6.64. The van der Waals surface area contributed by atoms with Gasteiger partial charge in [-0.2, -0.15) is 0 Å². The number of guanidine groups is 1. The van der Waals surface area contributed by atoms with Crippen LogP contribution in [0.3, 0.4) is 0 Å². The maximum atomic E-state index is 13.1. The smallest absolute Gasteiger partial charge is 0.245 e. The Labute approximate surface area is 270 Å². The maximum absolute atomic E-state index is 13.1. The van der Waals surface area contributed by atoms with Gasteiger partial charge in [0.15, 0.2) is 5.96 Å². The Morgan fingerprint density at radius 3 is 1.72 bits per heavy atom. The highest BCUT2D eigenvalue weighted by Crippen LogP contribution is 2.18. The molecular weight excluding hydrogens is 624 g/mol. The lowest BCUT2D eigenvalue weighted by Gasteiger charge is -2.27. The van der Waals surface area contributed by atoms with Crippen LogP contribution in [0.1, 0.15) is 32.6 Å². The predicted octanol–water partition coefficient (Wildman–Crippen LogP) is -7.45. The van der Waals surface area contributed by atoms with Crippen molar-refractivity contribution in [2.75, 3.05) is 59.0 Å². The van der Waals surface area contributed by atoms with E-state index < -0.39 is 86.2 Å². The topological polar surface area (TPSA) is 335 Å². The van der Waals surface area contributed by atoms with Gasteiger partial charge in [-0.05, 0) is 32.6 Å². The van der Waals surface area contributed by atoms with Crippen molar-refractivity contribution in [3.63, 3.8) is 0 Å². The Hall–Kier alpha value is -5.05. The van der Waals surface area contributed by atoms with Crippen LogP contribution in [-0.4, -0.2) is 140 Å². The van der Waals surface area contributed by atoms with Crippen LogP contribution in [0.15, 0.2) is 4.99 Å². The van der Waals surface area contributed by atoms with E-state index in [-0.39, 0.29) is 44.0 Å². The predicted molar refractivity (Wildman–Crippen MR) is 165 cm³/mol. The fourth-order valence-electron chi connectivity index (χ4n) is 4.17. The molecule has 0 aromatic carbocycles. The quantitative estimate of drug-likeness (QED) is 0.0327. The highest BCUT2D eigenvalue weighted by atomic mass is 16.3.